The fourth-order valence-corrected chi connectivity index (χ4v) is 6.97. The number of thioether (sulfide) groups is 1. The maximum absolute atomic E-state index is 13.8. The Kier molecular flexibility index (Phi) is 10.9. The van der Waals surface area contributed by atoms with Crippen LogP contribution in [-0.2, 0) is 9.59 Å². The van der Waals surface area contributed by atoms with Crippen LogP contribution in [0.3, 0.4) is 0 Å². The number of hydrogen-bond donors (Lipinski definition) is 3. The summed E-state index contributed by atoms with van der Waals surface area (Å²) in [6, 6.07) is 38.2. The Hall–Kier alpha value is -5.91. The van der Waals surface area contributed by atoms with E-state index in [4.69, 9.17) is 9.47 Å². The van der Waals surface area contributed by atoms with Crippen LogP contribution in [0.15, 0.2) is 138 Å². The van der Waals surface area contributed by atoms with Crippen molar-refractivity contribution in [3.8, 4) is 11.5 Å². The molecule has 9 nitrogen and oxygen atoms in total. The molecular weight excluding hydrogens is 669 g/mol. The van der Waals surface area contributed by atoms with Crippen LogP contribution in [0.5, 0.6) is 11.5 Å². The zero-order chi connectivity index (χ0) is 34.9. The molecule has 0 aliphatic carbocycles. The van der Waals surface area contributed by atoms with Gasteiger partial charge in [0.1, 0.15) is 22.4 Å². The molecule has 250 valence electrons. The van der Waals surface area contributed by atoms with E-state index in [9.17, 15) is 14.4 Å². The summed E-state index contributed by atoms with van der Waals surface area (Å²) in [6.45, 7) is 0. The molecule has 1 atom stereocenters. The summed E-state index contributed by atoms with van der Waals surface area (Å²) in [5, 5.41) is 8.56. The summed E-state index contributed by atoms with van der Waals surface area (Å²) < 4.78 is 11.8. The van der Waals surface area contributed by atoms with Crippen molar-refractivity contribution in [1.29, 1.82) is 0 Å². The van der Waals surface area contributed by atoms with Crippen molar-refractivity contribution in [3.63, 3.8) is 0 Å². The van der Waals surface area contributed by atoms with Crippen LogP contribution >= 0.6 is 23.1 Å². The van der Waals surface area contributed by atoms with E-state index in [2.05, 4.69) is 20.9 Å². The lowest BCUT2D eigenvalue weighted by atomic mass is 10.1. The number of hydrogen-bond acceptors (Lipinski definition) is 8. The van der Waals surface area contributed by atoms with Gasteiger partial charge >= 0.3 is 0 Å². The summed E-state index contributed by atoms with van der Waals surface area (Å²) in [4.78, 5) is 46.0. The molecule has 0 spiro atoms. The fourth-order valence-electron chi connectivity index (χ4n) is 5.01. The smallest absolute Gasteiger partial charge is 0.272 e. The molecule has 1 aromatic heterocycles. The van der Waals surface area contributed by atoms with Gasteiger partial charge in [-0.25, -0.2) is 4.98 Å². The van der Waals surface area contributed by atoms with Gasteiger partial charge in [-0.15, -0.1) is 11.8 Å². The molecule has 0 aliphatic rings. The molecule has 0 bridgehead atoms. The van der Waals surface area contributed by atoms with E-state index in [1.807, 2.05) is 60.7 Å². The molecule has 50 heavy (non-hydrogen) atoms. The van der Waals surface area contributed by atoms with Crippen LogP contribution in [0.4, 0.5) is 10.8 Å². The van der Waals surface area contributed by atoms with Crippen LogP contribution in [0.1, 0.15) is 26.7 Å². The van der Waals surface area contributed by atoms with Crippen molar-refractivity contribution in [2.75, 3.05) is 24.9 Å². The molecule has 0 aliphatic heterocycles. The molecule has 1 unspecified atom stereocenters. The molecule has 11 heteroatoms. The molecule has 0 saturated carbocycles. The highest BCUT2D eigenvalue weighted by atomic mass is 32.2. The van der Waals surface area contributed by atoms with Gasteiger partial charge in [0.2, 0.25) is 5.91 Å². The largest absolute Gasteiger partial charge is 0.497 e. The van der Waals surface area contributed by atoms with E-state index < -0.39 is 17.1 Å². The molecule has 3 N–H and O–H groups in total. The summed E-state index contributed by atoms with van der Waals surface area (Å²) in [7, 11) is 3.06. The molecule has 0 fully saturated rings. The predicted octanol–water partition coefficient (Wildman–Crippen LogP) is 8.20. The van der Waals surface area contributed by atoms with E-state index in [0.717, 1.165) is 20.7 Å². The van der Waals surface area contributed by atoms with Gasteiger partial charge in [-0.05, 0) is 66.2 Å². The van der Waals surface area contributed by atoms with Crippen molar-refractivity contribution < 1.29 is 23.9 Å². The predicted molar refractivity (Wildman–Crippen MR) is 200 cm³/mol. The number of amides is 3. The van der Waals surface area contributed by atoms with Gasteiger partial charge in [-0.3, -0.25) is 14.4 Å². The summed E-state index contributed by atoms with van der Waals surface area (Å²) in [6.07, 6.45) is 1.55. The quantitative estimate of drug-likeness (QED) is 0.0870. The third kappa shape index (κ3) is 8.38. The minimum atomic E-state index is -0.614. The standard InChI is InChI=1S/C39H32N4O5S2/c1-47-29-21-20-27(33(24-29)48-2)22-32(41-36(44)26-14-7-4-8-15-26)37(45)40-28-16-11-17-30(23-28)49-35(25-12-5-3-6-13-25)38(46)43-39-42-31-18-9-10-19-34(31)50-39/h3-24,35H,1-2H3,(H,40,45)(H,41,44)(H,42,43,46)/b32-22+. The van der Waals surface area contributed by atoms with E-state index in [-0.39, 0.29) is 11.6 Å². The van der Waals surface area contributed by atoms with E-state index >= 15 is 0 Å². The van der Waals surface area contributed by atoms with Crippen LogP contribution in [-0.4, -0.2) is 36.9 Å². The Morgan fingerprint density at radius 1 is 0.780 bits per heavy atom. The lowest BCUT2D eigenvalue weighted by Crippen LogP contribution is -2.30. The van der Waals surface area contributed by atoms with Crippen molar-refractivity contribution in [1.82, 2.24) is 10.3 Å². The highest BCUT2D eigenvalue weighted by Gasteiger charge is 2.24. The number of anilines is 2. The number of carbonyl (C=O) groups is 3. The van der Waals surface area contributed by atoms with Crippen LogP contribution < -0.4 is 25.4 Å². The number of para-hydroxylation sites is 1. The lowest BCUT2D eigenvalue weighted by molar-refractivity contribution is -0.116. The maximum Gasteiger partial charge on any atom is 0.272 e. The Balaban J connectivity index is 1.25. The van der Waals surface area contributed by atoms with Gasteiger partial charge < -0.3 is 25.4 Å². The molecule has 1 heterocycles. The molecule has 5 aromatic carbocycles. The molecule has 6 rings (SSSR count). The second-order valence-corrected chi connectivity index (χ2v) is 13.1. The average molecular weight is 701 g/mol. The Labute approximate surface area is 297 Å². The monoisotopic (exact) mass is 700 g/mol. The molecule has 6 aromatic rings. The fraction of sp³-hybridized carbons (Fsp3) is 0.0769. The zero-order valence-corrected chi connectivity index (χ0v) is 28.7. The number of benzene rings is 5. The maximum atomic E-state index is 13.8. The second-order valence-electron chi connectivity index (χ2n) is 10.9. The third-order valence-corrected chi connectivity index (χ3v) is 9.68. The van der Waals surface area contributed by atoms with E-state index in [1.54, 1.807) is 79.9 Å². The minimum absolute atomic E-state index is 0.00208. The minimum Gasteiger partial charge on any atom is -0.497 e. The van der Waals surface area contributed by atoms with E-state index in [1.165, 1.54) is 30.2 Å². The Morgan fingerprint density at radius 3 is 2.26 bits per heavy atom. The SMILES string of the molecule is COc1ccc(/C=C(/NC(=O)c2ccccc2)C(=O)Nc2cccc(SC(C(=O)Nc3nc4ccccc4s3)c3ccccc3)c2)c(OC)c1. The van der Waals surface area contributed by atoms with Crippen molar-refractivity contribution >= 4 is 67.9 Å². The summed E-state index contributed by atoms with van der Waals surface area (Å²) in [5.74, 6) is -0.193. The number of aromatic nitrogens is 1. The van der Waals surface area contributed by atoms with Gasteiger partial charge in [0, 0.05) is 27.8 Å². The van der Waals surface area contributed by atoms with Crippen LogP contribution in [0, 0.1) is 0 Å². The number of nitrogens with one attached hydrogen (secondary N) is 3. The number of rotatable bonds is 12. The molecule has 0 saturated heterocycles. The first-order valence-corrected chi connectivity index (χ1v) is 17.2. The Morgan fingerprint density at radius 2 is 1.52 bits per heavy atom. The lowest BCUT2D eigenvalue weighted by Gasteiger charge is -2.17. The topological polar surface area (TPSA) is 119 Å². The van der Waals surface area contributed by atoms with Crippen molar-refractivity contribution in [3.05, 3.63) is 150 Å². The van der Waals surface area contributed by atoms with Gasteiger partial charge in [-0.2, -0.15) is 0 Å². The third-order valence-electron chi connectivity index (χ3n) is 7.48. The Bertz CT molecular complexity index is 2140. The second kappa shape index (κ2) is 16.0. The number of methoxy groups -OCH3 is 2. The van der Waals surface area contributed by atoms with Gasteiger partial charge in [0.05, 0.1) is 24.4 Å². The van der Waals surface area contributed by atoms with Crippen LogP contribution in [0.25, 0.3) is 16.3 Å². The number of fused-ring (bicyclic) bond motifs is 1. The van der Waals surface area contributed by atoms with Crippen LogP contribution in [0.2, 0.25) is 0 Å². The van der Waals surface area contributed by atoms with Gasteiger partial charge in [-0.1, -0.05) is 78.1 Å². The number of thiazole rings is 1. The van der Waals surface area contributed by atoms with Gasteiger partial charge in [0.15, 0.2) is 5.13 Å². The van der Waals surface area contributed by atoms with E-state index in [0.29, 0.717) is 33.4 Å². The summed E-state index contributed by atoms with van der Waals surface area (Å²) in [5.41, 5.74) is 3.05. The van der Waals surface area contributed by atoms with Gasteiger partial charge in [0.25, 0.3) is 11.8 Å². The number of carbonyl (C=O) groups excluding carboxylic acids is 3. The highest BCUT2D eigenvalue weighted by Crippen LogP contribution is 2.38. The molecule has 0 radical (unpaired) electrons. The number of nitrogens with zero attached hydrogens (tertiary/aromatic N) is 1. The number of ether oxygens (including phenoxy) is 2. The highest BCUT2D eigenvalue weighted by molar-refractivity contribution is 8.00. The first-order chi connectivity index (χ1) is 24.4. The first kappa shape index (κ1) is 34.0. The first-order valence-electron chi connectivity index (χ1n) is 15.5. The molecular formula is C39H32N4O5S2. The normalized spacial score (nSPS) is 11.8. The van der Waals surface area contributed by atoms with Crippen molar-refractivity contribution in [2.24, 2.45) is 0 Å². The van der Waals surface area contributed by atoms with Crippen molar-refractivity contribution in [2.45, 2.75) is 10.1 Å². The zero-order valence-electron chi connectivity index (χ0n) is 27.1. The molecule has 3 amide bonds. The summed E-state index contributed by atoms with van der Waals surface area (Å²) >= 11 is 2.76. The average Bonchev–Trinajstić information content (AvgIpc) is 3.56.